The summed E-state index contributed by atoms with van der Waals surface area (Å²) in [5.74, 6) is 0.247. The van der Waals surface area contributed by atoms with E-state index in [0.717, 1.165) is 16.8 Å². The summed E-state index contributed by atoms with van der Waals surface area (Å²) in [5, 5.41) is 6.58. The quantitative estimate of drug-likeness (QED) is 0.635. The molecule has 3 heterocycles. The number of hydrogen-bond acceptors (Lipinski definition) is 6. The first-order valence-electron chi connectivity index (χ1n) is 10.3. The van der Waals surface area contributed by atoms with Crippen molar-refractivity contribution in [2.24, 2.45) is 0 Å². The van der Waals surface area contributed by atoms with Gasteiger partial charge in [-0.3, -0.25) is 9.59 Å². The van der Waals surface area contributed by atoms with Gasteiger partial charge in [0.2, 0.25) is 11.9 Å². The Kier molecular flexibility index (Phi) is 5.46. The number of hydrogen-bond donors (Lipinski definition) is 2. The fraction of sp³-hybridized carbons (Fsp3) is 0.217. The number of morpholine rings is 1. The number of amides is 2. The molecule has 3 aromatic rings. The van der Waals surface area contributed by atoms with Gasteiger partial charge in [-0.25, -0.2) is 9.97 Å². The van der Waals surface area contributed by atoms with E-state index in [2.05, 4.69) is 20.6 Å². The first kappa shape index (κ1) is 20.4. The summed E-state index contributed by atoms with van der Waals surface area (Å²) in [4.78, 5) is 35.7. The van der Waals surface area contributed by atoms with Crippen molar-refractivity contribution in [2.75, 3.05) is 36.9 Å². The molecule has 1 saturated heterocycles. The van der Waals surface area contributed by atoms with Gasteiger partial charge in [-0.1, -0.05) is 11.6 Å². The zero-order valence-electron chi connectivity index (χ0n) is 17.1. The van der Waals surface area contributed by atoms with Gasteiger partial charge in [0.05, 0.1) is 31.0 Å². The second-order valence-electron chi connectivity index (χ2n) is 7.59. The lowest BCUT2D eigenvalue weighted by Gasteiger charge is -2.26. The third-order valence-corrected chi connectivity index (χ3v) is 5.65. The maximum atomic E-state index is 12.6. The van der Waals surface area contributed by atoms with Gasteiger partial charge in [0.25, 0.3) is 5.91 Å². The average molecular weight is 450 g/mol. The third kappa shape index (κ3) is 4.15. The Morgan fingerprint density at radius 1 is 1.12 bits per heavy atom. The van der Waals surface area contributed by atoms with E-state index in [-0.39, 0.29) is 18.2 Å². The molecule has 0 spiro atoms. The number of rotatable bonds is 3. The Hall–Kier alpha value is -3.49. The maximum Gasteiger partial charge on any atom is 0.254 e. The number of fused-ring (bicyclic) bond motifs is 3. The highest BCUT2D eigenvalue weighted by molar-refractivity contribution is 6.31. The van der Waals surface area contributed by atoms with Crippen molar-refractivity contribution in [3.63, 3.8) is 0 Å². The molecule has 0 saturated carbocycles. The van der Waals surface area contributed by atoms with Gasteiger partial charge in [0, 0.05) is 46.7 Å². The van der Waals surface area contributed by atoms with Crippen LogP contribution in [0.15, 0.2) is 48.7 Å². The first-order chi connectivity index (χ1) is 15.6. The van der Waals surface area contributed by atoms with Gasteiger partial charge < -0.3 is 20.3 Å². The Morgan fingerprint density at radius 3 is 2.69 bits per heavy atom. The van der Waals surface area contributed by atoms with Crippen LogP contribution in [-0.2, 0) is 16.0 Å². The molecule has 5 rings (SSSR count). The third-order valence-electron chi connectivity index (χ3n) is 5.41. The van der Waals surface area contributed by atoms with E-state index in [1.807, 2.05) is 18.2 Å². The van der Waals surface area contributed by atoms with Crippen LogP contribution in [-0.4, -0.2) is 53.0 Å². The number of carbonyl (C=O) groups excluding carboxylic acids is 2. The molecule has 0 atom stereocenters. The van der Waals surface area contributed by atoms with Crippen LogP contribution in [0.2, 0.25) is 5.02 Å². The summed E-state index contributed by atoms with van der Waals surface area (Å²) < 4.78 is 5.31. The summed E-state index contributed by atoms with van der Waals surface area (Å²) in [6.45, 7) is 2.34. The minimum absolute atomic E-state index is 0.00596. The van der Waals surface area contributed by atoms with E-state index in [1.54, 1.807) is 35.4 Å². The van der Waals surface area contributed by atoms with Crippen LogP contribution in [0.5, 0.6) is 0 Å². The maximum absolute atomic E-state index is 12.6. The van der Waals surface area contributed by atoms with E-state index in [4.69, 9.17) is 16.3 Å². The summed E-state index contributed by atoms with van der Waals surface area (Å²) in [6, 6.07) is 12.5. The average Bonchev–Trinajstić information content (AvgIpc) is 2.94. The first-order valence-corrected chi connectivity index (χ1v) is 10.6. The molecular formula is C23H20ClN5O3. The monoisotopic (exact) mass is 449 g/mol. The summed E-state index contributed by atoms with van der Waals surface area (Å²) in [7, 11) is 0. The Bertz CT molecular complexity index is 1190. The van der Waals surface area contributed by atoms with Crippen LogP contribution in [0.1, 0.15) is 15.9 Å². The second kappa shape index (κ2) is 8.57. The van der Waals surface area contributed by atoms with Crippen LogP contribution in [0, 0.1) is 0 Å². The Labute approximate surface area is 189 Å². The van der Waals surface area contributed by atoms with E-state index >= 15 is 0 Å². The topological polar surface area (TPSA) is 96.5 Å². The van der Waals surface area contributed by atoms with Crippen molar-refractivity contribution in [2.45, 2.75) is 6.42 Å². The van der Waals surface area contributed by atoms with Crippen molar-refractivity contribution >= 4 is 40.7 Å². The summed E-state index contributed by atoms with van der Waals surface area (Å²) >= 11 is 6.10. The van der Waals surface area contributed by atoms with Crippen molar-refractivity contribution < 1.29 is 14.3 Å². The number of nitrogens with zero attached hydrogens (tertiary/aromatic N) is 3. The van der Waals surface area contributed by atoms with Crippen LogP contribution >= 0.6 is 11.6 Å². The molecule has 1 fully saturated rings. The number of halogens is 1. The van der Waals surface area contributed by atoms with Gasteiger partial charge in [0.1, 0.15) is 0 Å². The van der Waals surface area contributed by atoms with Crippen molar-refractivity contribution in [3.05, 3.63) is 64.8 Å². The van der Waals surface area contributed by atoms with Crippen LogP contribution in [0.3, 0.4) is 0 Å². The lowest BCUT2D eigenvalue weighted by Crippen LogP contribution is -2.40. The van der Waals surface area contributed by atoms with Crippen molar-refractivity contribution in [3.8, 4) is 11.3 Å². The minimum Gasteiger partial charge on any atom is -0.378 e. The van der Waals surface area contributed by atoms with Gasteiger partial charge in [0.15, 0.2) is 0 Å². The molecule has 2 N–H and O–H groups in total. The standard InChI is InChI=1S/C23H20ClN5O3/c24-16-3-6-18-19(12-16)27-20(30)11-15-13-25-23(28-21(15)18)26-17-4-1-14(2-5-17)22(31)29-7-9-32-10-8-29/h1-6,12-13H,7-11H2,(H,27,30)(H,25,26,28). The van der Waals surface area contributed by atoms with Crippen LogP contribution in [0.25, 0.3) is 11.3 Å². The SMILES string of the molecule is O=C1Cc2cnc(Nc3ccc(C(=O)N4CCOCC4)cc3)nc2-c2ccc(Cl)cc2N1. The highest BCUT2D eigenvalue weighted by Crippen LogP contribution is 2.34. The van der Waals surface area contributed by atoms with E-state index in [9.17, 15) is 9.59 Å². The highest BCUT2D eigenvalue weighted by Gasteiger charge is 2.22. The summed E-state index contributed by atoms with van der Waals surface area (Å²) in [5.41, 5.74) is 4.19. The van der Waals surface area contributed by atoms with Crippen LogP contribution < -0.4 is 10.6 Å². The fourth-order valence-electron chi connectivity index (χ4n) is 3.80. The molecule has 2 aromatic carbocycles. The fourth-order valence-corrected chi connectivity index (χ4v) is 3.97. The summed E-state index contributed by atoms with van der Waals surface area (Å²) in [6.07, 6.45) is 1.84. The number of nitrogens with one attached hydrogen (secondary N) is 2. The zero-order valence-corrected chi connectivity index (χ0v) is 17.9. The number of aromatic nitrogens is 2. The molecule has 9 heteroatoms. The smallest absolute Gasteiger partial charge is 0.254 e. The molecule has 32 heavy (non-hydrogen) atoms. The van der Waals surface area contributed by atoms with Crippen molar-refractivity contribution in [1.82, 2.24) is 14.9 Å². The van der Waals surface area contributed by atoms with Gasteiger partial charge in [-0.15, -0.1) is 0 Å². The normalized spacial score (nSPS) is 15.3. The molecule has 8 nitrogen and oxygen atoms in total. The zero-order chi connectivity index (χ0) is 22.1. The lowest BCUT2D eigenvalue weighted by atomic mass is 10.1. The second-order valence-corrected chi connectivity index (χ2v) is 8.03. The van der Waals surface area contributed by atoms with E-state index in [1.165, 1.54) is 0 Å². The molecule has 2 aliphatic heterocycles. The van der Waals surface area contributed by atoms with E-state index in [0.29, 0.717) is 54.2 Å². The molecule has 2 amide bonds. The van der Waals surface area contributed by atoms with E-state index < -0.39 is 0 Å². The van der Waals surface area contributed by atoms with Gasteiger partial charge >= 0.3 is 0 Å². The van der Waals surface area contributed by atoms with Crippen molar-refractivity contribution in [1.29, 1.82) is 0 Å². The lowest BCUT2D eigenvalue weighted by molar-refractivity contribution is -0.115. The number of carbonyl (C=O) groups is 2. The molecule has 162 valence electrons. The largest absolute Gasteiger partial charge is 0.378 e. The van der Waals surface area contributed by atoms with Gasteiger partial charge in [-0.2, -0.15) is 0 Å². The molecule has 2 aliphatic rings. The number of anilines is 3. The predicted octanol–water partition coefficient (Wildman–Crippen LogP) is 3.51. The number of ether oxygens (including phenoxy) is 1. The number of benzene rings is 2. The van der Waals surface area contributed by atoms with Gasteiger partial charge in [-0.05, 0) is 42.5 Å². The highest BCUT2D eigenvalue weighted by atomic mass is 35.5. The Balaban J connectivity index is 1.38. The molecule has 1 aromatic heterocycles. The minimum atomic E-state index is -0.142. The Morgan fingerprint density at radius 2 is 1.91 bits per heavy atom. The molecular weight excluding hydrogens is 430 g/mol. The van der Waals surface area contributed by atoms with Crippen LogP contribution in [0.4, 0.5) is 17.3 Å². The molecule has 0 radical (unpaired) electrons. The predicted molar refractivity (Wildman–Crippen MR) is 121 cm³/mol. The molecule has 0 bridgehead atoms. The molecule has 0 unspecified atom stereocenters. The molecule has 0 aliphatic carbocycles.